The summed E-state index contributed by atoms with van der Waals surface area (Å²) in [6.07, 6.45) is 1.87. The number of nitrogens with one attached hydrogen (secondary N) is 1. The summed E-state index contributed by atoms with van der Waals surface area (Å²) in [6.45, 7) is 3.87. The summed E-state index contributed by atoms with van der Waals surface area (Å²) < 4.78 is 5.04. The third-order valence-electron chi connectivity index (χ3n) is 3.61. The molecular formula is C11H20N2O2S. The minimum atomic E-state index is -0.331. The molecule has 0 saturated carbocycles. The van der Waals surface area contributed by atoms with E-state index in [1.54, 1.807) is 0 Å². The third-order valence-corrected chi connectivity index (χ3v) is 4.59. The van der Waals surface area contributed by atoms with Gasteiger partial charge in [-0.25, -0.2) is 0 Å². The Labute approximate surface area is 101 Å². The first-order valence-electron chi connectivity index (χ1n) is 5.91. The van der Waals surface area contributed by atoms with Crippen LogP contribution in [0.25, 0.3) is 0 Å². The van der Waals surface area contributed by atoms with Crippen molar-refractivity contribution < 1.29 is 9.53 Å². The molecular weight excluding hydrogens is 224 g/mol. The SMILES string of the molecule is COC(=O)C1(N2CCNCC2)CCSCC1. The normalized spacial score (nSPS) is 26.3. The molecule has 92 valence electrons. The van der Waals surface area contributed by atoms with E-state index >= 15 is 0 Å². The molecule has 2 rings (SSSR count). The molecule has 0 aromatic heterocycles. The highest BCUT2D eigenvalue weighted by Crippen LogP contribution is 2.33. The number of ether oxygens (including phenoxy) is 1. The Balaban J connectivity index is 2.14. The summed E-state index contributed by atoms with van der Waals surface area (Å²) in [4.78, 5) is 14.4. The van der Waals surface area contributed by atoms with E-state index in [-0.39, 0.29) is 11.5 Å². The monoisotopic (exact) mass is 244 g/mol. The van der Waals surface area contributed by atoms with E-state index < -0.39 is 0 Å². The average Bonchev–Trinajstić information content (AvgIpc) is 2.39. The van der Waals surface area contributed by atoms with Crippen molar-refractivity contribution in [2.75, 3.05) is 44.8 Å². The molecule has 0 radical (unpaired) electrons. The van der Waals surface area contributed by atoms with Crippen molar-refractivity contribution in [3.63, 3.8) is 0 Å². The van der Waals surface area contributed by atoms with Crippen LogP contribution < -0.4 is 5.32 Å². The summed E-state index contributed by atoms with van der Waals surface area (Å²) in [5.74, 6) is 2.10. The Morgan fingerprint density at radius 3 is 2.50 bits per heavy atom. The van der Waals surface area contributed by atoms with Gasteiger partial charge >= 0.3 is 5.97 Å². The van der Waals surface area contributed by atoms with E-state index in [1.807, 2.05) is 11.8 Å². The number of hydrogen-bond acceptors (Lipinski definition) is 5. The lowest BCUT2D eigenvalue weighted by Crippen LogP contribution is -2.61. The molecule has 1 N–H and O–H groups in total. The van der Waals surface area contributed by atoms with E-state index in [9.17, 15) is 4.79 Å². The van der Waals surface area contributed by atoms with E-state index in [2.05, 4.69) is 10.2 Å². The molecule has 16 heavy (non-hydrogen) atoms. The highest BCUT2D eigenvalue weighted by atomic mass is 32.2. The quantitative estimate of drug-likeness (QED) is 0.709. The average molecular weight is 244 g/mol. The van der Waals surface area contributed by atoms with Crippen LogP contribution in [0.1, 0.15) is 12.8 Å². The highest BCUT2D eigenvalue weighted by molar-refractivity contribution is 7.99. The van der Waals surface area contributed by atoms with Crippen molar-refractivity contribution in [3.8, 4) is 0 Å². The number of nitrogens with zero attached hydrogens (tertiary/aromatic N) is 1. The van der Waals surface area contributed by atoms with Crippen molar-refractivity contribution in [2.24, 2.45) is 0 Å². The molecule has 2 heterocycles. The maximum atomic E-state index is 12.1. The third kappa shape index (κ3) is 2.21. The van der Waals surface area contributed by atoms with Crippen molar-refractivity contribution in [1.82, 2.24) is 10.2 Å². The standard InChI is InChI=1S/C11H20N2O2S/c1-15-10(14)11(2-8-16-9-3-11)13-6-4-12-5-7-13/h12H,2-9H2,1H3. The molecule has 0 amide bonds. The summed E-state index contributed by atoms with van der Waals surface area (Å²) in [7, 11) is 1.51. The van der Waals surface area contributed by atoms with Gasteiger partial charge in [0.05, 0.1) is 7.11 Å². The fourth-order valence-corrected chi connectivity index (χ4v) is 3.81. The lowest BCUT2D eigenvalue weighted by atomic mass is 9.89. The summed E-state index contributed by atoms with van der Waals surface area (Å²) in [5.41, 5.74) is -0.331. The molecule has 0 bridgehead atoms. The van der Waals surface area contributed by atoms with Gasteiger partial charge in [-0.3, -0.25) is 9.69 Å². The zero-order valence-corrected chi connectivity index (χ0v) is 10.6. The van der Waals surface area contributed by atoms with Crippen LogP contribution >= 0.6 is 11.8 Å². The summed E-state index contributed by atoms with van der Waals surface area (Å²) in [5, 5.41) is 3.33. The van der Waals surface area contributed by atoms with Crippen LogP contribution in [0.15, 0.2) is 0 Å². The lowest BCUT2D eigenvalue weighted by molar-refractivity contribution is -0.156. The van der Waals surface area contributed by atoms with Crippen LogP contribution in [0.3, 0.4) is 0 Å². The van der Waals surface area contributed by atoms with Gasteiger partial charge in [0.25, 0.3) is 0 Å². The van der Waals surface area contributed by atoms with E-state index in [1.165, 1.54) is 7.11 Å². The molecule has 0 atom stereocenters. The number of hydrogen-bond donors (Lipinski definition) is 1. The van der Waals surface area contributed by atoms with Gasteiger partial charge in [-0.1, -0.05) is 0 Å². The van der Waals surface area contributed by atoms with Gasteiger partial charge in [-0.15, -0.1) is 0 Å². The molecule has 2 aliphatic rings. The van der Waals surface area contributed by atoms with Gasteiger partial charge in [0.1, 0.15) is 5.54 Å². The largest absolute Gasteiger partial charge is 0.468 e. The van der Waals surface area contributed by atoms with Gasteiger partial charge < -0.3 is 10.1 Å². The van der Waals surface area contributed by atoms with Crippen molar-refractivity contribution in [1.29, 1.82) is 0 Å². The molecule has 5 heteroatoms. The lowest BCUT2D eigenvalue weighted by Gasteiger charge is -2.45. The van der Waals surface area contributed by atoms with Crippen LogP contribution in [-0.2, 0) is 9.53 Å². The van der Waals surface area contributed by atoms with Gasteiger partial charge in [0, 0.05) is 26.2 Å². The van der Waals surface area contributed by atoms with Crippen LogP contribution in [0.5, 0.6) is 0 Å². The summed E-state index contributed by atoms with van der Waals surface area (Å²) in [6, 6.07) is 0. The Kier molecular flexibility index (Phi) is 4.10. The number of carbonyl (C=O) groups excluding carboxylic acids is 1. The zero-order valence-electron chi connectivity index (χ0n) is 9.83. The number of thioether (sulfide) groups is 1. The van der Waals surface area contributed by atoms with Crippen molar-refractivity contribution in [3.05, 3.63) is 0 Å². The molecule has 2 saturated heterocycles. The molecule has 0 spiro atoms. The van der Waals surface area contributed by atoms with Gasteiger partial charge in [0.2, 0.25) is 0 Å². The Morgan fingerprint density at radius 1 is 1.31 bits per heavy atom. The van der Waals surface area contributed by atoms with Crippen LogP contribution in [0, 0.1) is 0 Å². The molecule has 0 aliphatic carbocycles. The Morgan fingerprint density at radius 2 is 1.94 bits per heavy atom. The first-order valence-corrected chi connectivity index (χ1v) is 7.07. The van der Waals surface area contributed by atoms with Crippen molar-refractivity contribution in [2.45, 2.75) is 18.4 Å². The highest BCUT2D eigenvalue weighted by Gasteiger charge is 2.46. The van der Waals surface area contributed by atoms with Gasteiger partial charge in [-0.05, 0) is 24.3 Å². The van der Waals surface area contributed by atoms with Crippen LogP contribution in [0.4, 0.5) is 0 Å². The zero-order chi connectivity index (χ0) is 11.4. The predicted octanol–water partition coefficient (Wildman–Crippen LogP) is 0.330. The minimum absolute atomic E-state index is 0.0327. The molecule has 2 aliphatic heterocycles. The fraction of sp³-hybridized carbons (Fsp3) is 0.909. The maximum absolute atomic E-state index is 12.1. The van der Waals surface area contributed by atoms with Gasteiger partial charge in [-0.2, -0.15) is 11.8 Å². The van der Waals surface area contributed by atoms with E-state index in [0.29, 0.717) is 0 Å². The number of esters is 1. The molecule has 0 aromatic rings. The topological polar surface area (TPSA) is 41.6 Å². The molecule has 2 fully saturated rings. The second kappa shape index (κ2) is 5.38. The predicted molar refractivity (Wildman–Crippen MR) is 65.7 cm³/mol. The van der Waals surface area contributed by atoms with Crippen molar-refractivity contribution >= 4 is 17.7 Å². The molecule has 4 nitrogen and oxygen atoms in total. The molecule has 0 unspecified atom stereocenters. The maximum Gasteiger partial charge on any atom is 0.326 e. The van der Waals surface area contributed by atoms with Crippen LogP contribution in [-0.4, -0.2) is 61.2 Å². The number of carbonyl (C=O) groups is 1. The number of rotatable bonds is 2. The Hall–Kier alpha value is -0.260. The van der Waals surface area contributed by atoms with Crippen LogP contribution in [0.2, 0.25) is 0 Å². The first-order chi connectivity index (χ1) is 7.79. The Bertz CT molecular complexity index is 248. The fourth-order valence-electron chi connectivity index (χ4n) is 2.64. The van der Waals surface area contributed by atoms with E-state index in [0.717, 1.165) is 50.5 Å². The number of methoxy groups -OCH3 is 1. The van der Waals surface area contributed by atoms with Gasteiger partial charge in [0.15, 0.2) is 0 Å². The second-order valence-corrected chi connectivity index (χ2v) is 5.60. The summed E-state index contributed by atoms with van der Waals surface area (Å²) >= 11 is 1.94. The smallest absolute Gasteiger partial charge is 0.326 e. The molecule has 0 aromatic carbocycles. The number of piperazine rings is 1. The second-order valence-electron chi connectivity index (χ2n) is 4.37. The minimum Gasteiger partial charge on any atom is -0.468 e. The van der Waals surface area contributed by atoms with E-state index in [4.69, 9.17) is 4.74 Å². The first kappa shape index (κ1) is 12.2.